The van der Waals surface area contributed by atoms with Gasteiger partial charge in [-0.3, -0.25) is 9.69 Å². The topological polar surface area (TPSA) is 20.3 Å². The van der Waals surface area contributed by atoms with Crippen molar-refractivity contribution >= 4 is 5.78 Å². The highest BCUT2D eigenvalue weighted by Crippen LogP contribution is 2.45. The summed E-state index contributed by atoms with van der Waals surface area (Å²) in [7, 11) is 2.12. The first-order chi connectivity index (χ1) is 6.46. The van der Waals surface area contributed by atoms with Gasteiger partial charge < -0.3 is 0 Å². The van der Waals surface area contributed by atoms with Crippen LogP contribution in [0.1, 0.15) is 27.7 Å². The van der Waals surface area contributed by atoms with Gasteiger partial charge in [-0.25, -0.2) is 0 Å². The molecule has 2 heteroatoms. The van der Waals surface area contributed by atoms with Gasteiger partial charge in [-0.15, -0.1) is 0 Å². The van der Waals surface area contributed by atoms with Crippen LogP contribution in [0.25, 0.3) is 0 Å². The van der Waals surface area contributed by atoms with E-state index < -0.39 is 0 Å². The fraction of sp³-hybridized carbons (Fsp3) is 0.917. The van der Waals surface area contributed by atoms with Gasteiger partial charge in [0.25, 0.3) is 0 Å². The van der Waals surface area contributed by atoms with Crippen LogP contribution in [0.4, 0.5) is 0 Å². The number of ketones is 1. The summed E-state index contributed by atoms with van der Waals surface area (Å²) >= 11 is 0. The van der Waals surface area contributed by atoms with Crippen LogP contribution < -0.4 is 0 Å². The molecular formula is C12H21NO. The Morgan fingerprint density at radius 3 is 2.14 bits per heavy atom. The highest BCUT2D eigenvalue weighted by Gasteiger charge is 2.54. The van der Waals surface area contributed by atoms with Crippen molar-refractivity contribution in [3.05, 3.63) is 0 Å². The summed E-state index contributed by atoms with van der Waals surface area (Å²) in [6, 6.07) is 0.809. The van der Waals surface area contributed by atoms with Crippen LogP contribution in [0.3, 0.4) is 0 Å². The molecule has 0 N–H and O–H groups in total. The van der Waals surface area contributed by atoms with Gasteiger partial charge in [-0.05, 0) is 24.8 Å². The van der Waals surface area contributed by atoms with Gasteiger partial charge in [-0.1, -0.05) is 27.7 Å². The molecule has 2 aliphatic heterocycles. The van der Waals surface area contributed by atoms with E-state index in [9.17, 15) is 4.79 Å². The largest absolute Gasteiger partial charge is 0.298 e. The number of Topliss-reactive ketones (excluding diaryl/α,β-unsaturated/α-hetero) is 1. The molecule has 0 aromatic rings. The molecule has 2 nitrogen and oxygen atoms in total. The Kier molecular flexibility index (Phi) is 2.22. The lowest BCUT2D eigenvalue weighted by molar-refractivity contribution is -0.133. The second kappa shape index (κ2) is 3.06. The molecule has 0 aromatic heterocycles. The van der Waals surface area contributed by atoms with E-state index >= 15 is 0 Å². The van der Waals surface area contributed by atoms with Crippen molar-refractivity contribution < 1.29 is 4.79 Å². The molecular weight excluding hydrogens is 174 g/mol. The van der Waals surface area contributed by atoms with E-state index in [4.69, 9.17) is 0 Å². The number of nitrogens with zero attached hydrogens (tertiary/aromatic N) is 1. The molecule has 2 fully saturated rings. The smallest absolute Gasteiger partial charge is 0.153 e. The summed E-state index contributed by atoms with van der Waals surface area (Å²) in [5, 5.41) is 0. The Morgan fingerprint density at radius 2 is 1.57 bits per heavy atom. The monoisotopic (exact) mass is 195 g/mol. The van der Waals surface area contributed by atoms with Gasteiger partial charge in [0.15, 0.2) is 5.78 Å². The number of hydrogen-bond acceptors (Lipinski definition) is 2. The van der Waals surface area contributed by atoms with E-state index in [1.807, 2.05) is 0 Å². The summed E-state index contributed by atoms with van der Waals surface area (Å²) in [5.74, 6) is 2.43. The van der Waals surface area contributed by atoms with Crippen LogP contribution in [0.5, 0.6) is 0 Å². The molecule has 0 saturated carbocycles. The molecule has 80 valence electrons. The second-order valence-corrected chi connectivity index (χ2v) is 5.37. The highest BCUT2D eigenvalue weighted by molar-refractivity contribution is 5.88. The number of carbonyl (C=O) groups is 1. The third-order valence-electron chi connectivity index (χ3n) is 4.84. The van der Waals surface area contributed by atoms with Crippen molar-refractivity contribution in [3.63, 3.8) is 0 Å². The van der Waals surface area contributed by atoms with Gasteiger partial charge in [0.2, 0.25) is 0 Å². The maximum atomic E-state index is 12.1. The van der Waals surface area contributed by atoms with Gasteiger partial charge in [0.1, 0.15) is 0 Å². The molecule has 0 radical (unpaired) electrons. The molecule has 2 heterocycles. The minimum atomic E-state index is 0.196. The van der Waals surface area contributed by atoms with Crippen LogP contribution in [0.15, 0.2) is 0 Å². The van der Waals surface area contributed by atoms with Crippen LogP contribution in [0.2, 0.25) is 0 Å². The van der Waals surface area contributed by atoms with Gasteiger partial charge >= 0.3 is 0 Å². The second-order valence-electron chi connectivity index (χ2n) is 5.37. The quantitative estimate of drug-likeness (QED) is 0.587. The van der Waals surface area contributed by atoms with Gasteiger partial charge in [-0.2, -0.15) is 0 Å². The predicted molar refractivity (Wildman–Crippen MR) is 57.0 cm³/mol. The molecule has 6 unspecified atom stereocenters. The molecule has 2 bridgehead atoms. The Morgan fingerprint density at radius 1 is 1.00 bits per heavy atom. The lowest BCUT2D eigenvalue weighted by Gasteiger charge is -2.39. The summed E-state index contributed by atoms with van der Waals surface area (Å²) in [6.45, 7) is 8.86. The van der Waals surface area contributed by atoms with E-state index in [-0.39, 0.29) is 12.0 Å². The lowest BCUT2D eigenvalue weighted by atomic mass is 9.80. The van der Waals surface area contributed by atoms with E-state index in [0.29, 0.717) is 29.6 Å². The van der Waals surface area contributed by atoms with E-state index in [1.54, 1.807) is 0 Å². The average molecular weight is 195 g/mol. The van der Waals surface area contributed by atoms with Gasteiger partial charge in [0.05, 0.1) is 6.04 Å². The summed E-state index contributed by atoms with van der Waals surface area (Å²) < 4.78 is 0. The first-order valence-corrected chi connectivity index (χ1v) is 5.72. The molecule has 6 atom stereocenters. The fourth-order valence-electron chi connectivity index (χ4n) is 3.66. The lowest BCUT2D eigenvalue weighted by Crippen LogP contribution is -2.52. The van der Waals surface area contributed by atoms with Crippen LogP contribution >= 0.6 is 0 Å². The van der Waals surface area contributed by atoms with Crippen molar-refractivity contribution in [1.29, 1.82) is 0 Å². The Balaban J connectivity index is 2.39. The SMILES string of the molecule is CC1C(=O)C2C(C)C(C)C(C1C)N2C. The Hall–Kier alpha value is -0.370. The highest BCUT2D eigenvalue weighted by atomic mass is 16.1. The molecule has 2 rings (SSSR count). The van der Waals surface area contributed by atoms with E-state index in [1.165, 1.54) is 0 Å². The summed E-state index contributed by atoms with van der Waals surface area (Å²) in [4.78, 5) is 14.4. The average Bonchev–Trinajstić information content (AvgIpc) is 2.32. The van der Waals surface area contributed by atoms with Crippen LogP contribution in [-0.4, -0.2) is 29.8 Å². The molecule has 2 aliphatic rings. The zero-order valence-electron chi connectivity index (χ0n) is 9.82. The number of likely N-dealkylation sites (N-methyl/N-ethyl adjacent to an activating group) is 1. The molecule has 0 aliphatic carbocycles. The Labute approximate surface area is 86.7 Å². The first kappa shape index (κ1) is 10.2. The summed E-state index contributed by atoms with van der Waals surface area (Å²) in [5.41, 5.74) is 0. The fourth-order valence-corrected chi connectivity index (χ4v) is 3.66. The van der Waals surface area contributed by atoms with Crippen LogP contribution in [-0.2, 0) is 4.79 Å². The predicted octanol–water partition coefficient (Wildman–Crippen LogP) is 1.80. The first-order valence-electron chi connectivity index (χ1n) is 5.72. The third-order valence-corrected chi connectivity index (χ3v) is 4.84. The minimum Gasteiger partial charge on any atom is -0.298 e. The van der Waals surface area contributed by atoms with Crippen molar-refractivity contribution in [2.24, 2.45) is 23.7 Å². The van der Waals surface area contributed by atoms with Crippen molar-refractivity contribution in [1.82, 2.24) is 4.90 Å². The van der Waals surface area contributed by atoms with Gasteiger partial charge in [0, 0.05) is 12.0 Å². The molecule has 0 amide bonds. The van der Waals surface area contributed by atoms with E-state index in [2.05, 4.69) is 39.6 Å². The number of carbonyl (C=O) groups excluding carboxylic acids is 1. The third kappa shape index (κ3) is 1.04. The molecule has 0 spiro atoms. The van der Waals surface area contributed by atoms with Crippen molar-refractivity contribution in [3.8, 4) is 0 Å². The van der Waals surface area contributed by atoms with Crippen molar-refractivity contribution in [2.75, 3.05) is 7.05 Å². The number of fused-ring (bicyclic) bond motifs is 2. The zero-order chi connectivity index (χ0) is 10.6. The van der Waals surface area contributed by atoms with Crippen LogP contribution in [0, 0.1) is 23.7 Å². The summed E-state index contributed by atoms with van der Waals surface area (Å²) in [6.07, 6.45) is 0. The number of piperidine rings is 1. The standard InChI is InChI=1S/C12H21NO/c1-6-7(2)11-12(14)9(4)8(3)10(6)13(11)5/h6-11H,1-5H3. The Bertz CT molecular complexity index is 259. The molecule has 14 heavy (non-hydrogen) atoms. The zero-order valence-corrected chi connectivity index (χ0v) is 9.82. The maximum Gasteiger partial charge on any atom is 0.153 e. The number of hydrogen-bond donors (Lipinski definition) is 0. The number of rotatable bonds is 0. The minimum absolute atomic E-state index is 0.196. The maximum absolute atomic E-state index is 12.1. The molecule has 0 aromatic carbocycles. The normalized spacial score (nSPS) is 53.9. The van der Waals surface area contributed by atoms with Crippen molar-refractivity contribution in [2.45, 2.75) is 39.8 Å². The molecule has 2 saturated heterocycles. The van der Waals surface area contributed by atoms with E-state index in [0.717, 1.165) is 0 Å².